The van der Waals surface area contributed by atoms with Crippen LogP contribution in [0.5, 0.6) is 0 Å². The molecule has 0 aliphatic carbocycles. The maximum atomic E-state index is 12.1. The summed E-state index contributed by atoms with van der Waals surface area (Å²) >= 11 is 0. The van der Waals surface area contributed by atoms with Crippen molar-refractivity contribution in [1.29, 1.82) is 0 Å². The van der Waals surface area contributed by atoms with Gasteiger partial charge in [-0.15, -0.1) is 0 Å². The first-order valence-corrected chi connectivity index (χ1v) is 6.44. The van der Waals surface area contributed by atoms with Gasteiger partial charge in [-0.25, -0.2) is 0 Å². The molecule has 5 heteroatoms. The van der Waals surface area contributed by atoms with Crippen LogP contribution in [0.25, 0.3) is 0 Å². The van der Waals surface area contributed by atoms with Crippen LogP contribution < -0.4 is 5.32 Å². The number of rotatable bonds is 7. The number of alkyl halides is 3. The Morgan fingerprint density at radius 2 is 1.68 bits per heavy atom. The first-order valence-electron chi connectivity index (χ1n) is 6.44. The molecule has 0 aliphatic rings. The van der Waals surface area contributed by atoms with Gasteiger partial charge in [0.15, 0.2) is 0 Å². The van der Waals surface area contributed by atoms with E-state index in [4.69, 9.17) is 0 Å². The van der Waals surface area contributed by atoms with E-state index in [-0.39, 0.29) is 6.54 Å². The summed E-state index contributed by atoms with van der Waals surface area (Å²) in [6.45, 7) is 4.35. The Balaban J connectivity index is 2.40. The van der Waals surface area contributed by atoms with Crippen LogP contribution in [-0.2, 0) is 13.1 Å². The molecule has 0 aromatic heterocycles. The molecule has 0 bridgehead atoms. The number of nitrogens with one attached hydrogen (secondary N) is 1. The number of halogens is 3. The standard InChI is InChI=1S/C14H21F3N2/c1-3-18-10-12-4-6-13(7-5-12)11-19(2)9-8-14(15,16)17/h4-7,18H,3,8-11H2,1-2H3. The highest BCUT2D eigenvalue weighted by Gasteiger charge is 2.26. The van der Waals surface area contributed by atoms with Crippen molar-refractivity contribution in [3.05, 3.63) is 35.4 Å². The number of hydrogen-bond donors (Lipinski definition) is 1. The molecule has 108 valence electrons. The third-order valence-corrected chi connectivity index (χ3v) is 2.83. The zero-order valence-corrected chi connectivity index (χ0v) is 11.4. The largest absolute Gasteiger partial charge is 0.390 e. The maximum absolute atomic E-state index is 12.1. The monoisotopic (exact) mass is 274 g/mol. The minimum atomic E-state index is -4.08. The molecule has 1 aromatic carbocycles. The van der Waals surface area contributed by atoms with Crippen molar-refractivity contribution in [2.45, 2.75) is 32.6 Å². The van der Waals surface area contributed by atoms with E-state index in [2.05, 4.69) is 5.32 Å². The van der Waals surface area contributed by atoms with E-state index < -0.39 is 12.6 Å². The Kier molecular flexibility index (Phi) is 6.31. The highest BCUT2D eigenvalue weighted by Crippen LogP contribution is 2.19. The van der Waals surface area contributed by atoms with Crippen LogP contribution in [0.2, 0.25) is 0 Å². The Hall–Kier alpha value is -1.07. The van der Waals surface area contributed by atoms with Gasteiger partial charge in [-0.2, -0.15) is 13.2 Å². The first-order chi connectivity index (χ1) is 8.90. The second-order valence-corrected chi connectivity index (χ2v) is 4.70. The molecule has 0 aliphatic heterocycles. The van der Waals surface area contributed by atoms with Crippen molar-refractivity contribution in [2.24, 2.45) is 0 Å². The lowest BCUT2D eigenvalue weighted by atomic mass is 10.1. The molecular formula is C14H21F3N2. The molecule has 0 fully saturated rings. The van der Waals surface area contributed by atoms with E-state index in [1.54, 1.807) is 11.9 Å². The molecule has 0 radical (unpaired) electrons. The van der Waals surface area contributed by atoms with Crippen LogP contribution in [0.1, 0.15) is 24.5 Å². The van der Waals surface area contributed by atoms with Gasteiger partial charge in [0, 0.05) is 19.6 Å². The van der Waals surface area contributed by atoms with Crippen molar-refractivity contribution in [1.82, 2.24) is 10.2 Å². The van der Waals surface area contributed by atoms with E-state index >= 15 is 0 Å². The Morgan fingerprint density at radius 1 is 1.11 bits per heavy atom. The van der Waals surface area contributed by atoms with Gasteiger partial charge in [-0.1, -0.05) is 31.2 Å². The van der Waals surface area contributed by atoms with Crippen LogP contribution in [-0.4, -0.2) is 31.2 Å². The summed E-state index contributed by atoms with van der Waals surface area (Å²) in [6, 6.07) is 7.96. The maximum Gasteiger partial charge on any atom is 0.390 e. The summed E-state index contributed by atoms with van der Waals surface area (Å²) in [5.74, 6) is 0. The lowest BCUT2D eigenvalue weighted by Gasteiger charge is -2.17. The molecule has 1 N–H and O–H groups in total. The van der Waals surface area contributed by atoms with Gasteiger partial charge in [0.05, 0.1) is 6.42 Å². The van der Waals surface area contributed by atoms with Gasteiger partial charge in [0.25, 0.3) is 0 Å². The van der Waals surface area contributed by atoms with Crippen molar-refractivity contribution >= 4 is 0 Å². The Labute approximate surface area is 112 Å². The third kappa shape index (κ3) is 7.18. The van der Waals surface area contributed by atoms with Crippen molar-refractivity contribution in [2.75, 3.05) is 20.1 Å². The minimum absolute atomic E-state index is 0.0304. The summed E-state index contributed by atoms with van der Waals surface area (Å²) in [7, 11) is 1.71. The zero-order chi connectivity index (χ0) is 14.3. The van der Waals surface area contributed by atoms with E-state index in [1.165, 1.54) is 5.56 Å². The fourth-order valence-electron chi connectivity index (χ4n) is 1.74. The normalized spacial score (nSPS) is 12.1. The van der Waals surface area contributed by atoms with Crippen LogP contribution >= 0.6 is 0 Å². The van der Waals surface area contributed by atoms with Crippen molar-refractivity contribution in [3.63, 3.8) is 0 Å². The summed E-state index contributed by atoms with van der Waals surface area (Å²) in [5.41, 5.74) is 2.22. The minimum Gasteiger partial charge on any atom is -0.313 e. The molecule has 0 saturated carbocycles. The van der Waals surface area contributed by atoms with E-state index in [0.717, 1.165) is 18.7 Å². The third-order valence-electron chi connectivity index (χ3n) is 2.83. The summed E-state index contributed by atoms with van der Waals surface area (Å²) in [6.07, 6.45) is -4.84. The molecule has 1 rings (SSSR count). The number of benzene rings is 1. The molecule has 0 atom stereocenters. The van der Waals surface area contributed by atoms with Crippen LogP contribution in [0, 0.1) is 0 Å². The van der Waals surface area contributed by atoms with Crippen molar-refractivity contribution in [3.8, 4) is 0 Å². The second kappa shape index (κ2) is 7.50. The highest BCUT2D eigenvalue weighted by molar-refractivity contribution is 5.22. The lowest BCUT2D eigenvalue weighted by molar-refractivity contribution is -0.137. The van der Waals surface area contributed by atoms with Gasteiger partial charge in [-0.05, 0) is 24.7 Å². The zero-order valence-electron chi connectivity index (χ0n) is 11.4. The molecule has 19 heavy (non-hydrogen) atoms. The summed E-state index contributed by atoms with van der Waals surface area (Å²) < 4.78 is 36.3. The molecular weight excluding hydrogens is 253 g/mol. The SMILES string of the molecule is CCNCc1ccc(CN(C)CCC(F)(F)F)cc1. The summed E-state index contributed by atoms with van der Waals surface area (Å²) in [5, 5.41) is 3.23. The predicted molar refractivity (Wildman–Crippen MR) is 70.8 cm³/mol. The van der Waals surface area contributed by atoms with Crippen LogP contribution in [0.4, 0.5) is 13.2 Å². The second-order valence-electron chi connectivity index (χ2n) is 4.70. The fraction of sp³-hybridized carbons (Fsp3) is 0.571. The van der Waals surface area contributed by atoms with Gasteiger partial charge >= 0.3 is 6.18 Å². The lowest BCUT2D eigenvalue weighted by Crippen LogP contribution is -2.24. The van der Waals surface area contributed by atoms with Gasteiger partial charge in [-0.3, -0.25) is 0 Å². The predicted octanol–water partition coefficient (Wildman–Crippen LogP) is 3.18. The quantitative estimate of drug-likeness (QED) is 0.821. The van der Waals surface area contributed by atoms with Gasteiger partial charge in [0.2, 0.25) is 0 Å². The molecule has 2 nitrogen and oxygen atoms in total. The molecule has 0 saturated heterocycles. The highest BCUT2D eigenvalue weighted by atomic mass is 19.4. The van der Waals surface area contributed by atoms with E-state index in [0.29, 0.717) is 6.54 Å². The molecule has 0 heterocycles. The average Bonchev–Trinajstić information content (AvgIpc) is 2.35. The van der Waals surface area contributed by atoms with Crippen LogP contribution in [0.3, 0.4) is 0 Å². The molecule has 1 aromatic rings. The molecule has 0 spiro atoms. The molecule has 0 unspecified atom stereocenters. The number of hydrogen-bond acceptors (Lipinski definition) is 2. The fourth-order valence-corrected chi connectivity index (χ4v) is 1.74. The summed E-state index contributed by atoms with van der Waals surface area (Å²) in [4.78, 5) is 1.69. The topological polar surface area (TPSA) is 15.3 Å². The Bertz CT molecular complexity index is 360. The average molecular weight is 274 g/mol. The van der Waals surface area contributed by atoms with E-state index in [9.17, 15) is 13.2 Å². The Morgan fingerprint density at radius 3 is 2.21 bits per heavy atom. The number of nitrogens with zero attached hydrogens (tertiary/aromatic N) is 1. The van der Waals surface area contributed by atoms with Crippen molar-refractivity contribution < 1.29 is 13.2 Å². The first kappa shape index (κ1) is 16.0. The van der Waals surface area contributed by atoms with Gasteiger partial charge in [0.1, 0.15) is 0 Å². The van der Waals surface area contributed by atoms with Crippen LogP contribution in [0.15, 0.2) is 24.3 Å². The van der Waals surface area contributed by atoms with E-state index in [1.807, 2.05) is 31.2 Å². The smallest absolute Gasteiger partial charge is 0.313 e. The van der Waals surface area contributed by atoms with Gasteiger partial charge < -0.3 is 10.2 Å². The molecule has 0 amide bonds.